The minimum atomic E-state index is 0.316. The molecule has 6 heteroatoms. The molecule has 0 atom stereocenters. The van der Waals surface area contributed by atoms with E-state index in [2.05, 4.69) is 25.8 Å². The minimum Gasteiger partial charge on any atom is -0.369 e. The van der Waals surface area contributed by atoms with Gasteiger partial charge in [0, 0.05) is 37.9 Å². The molecule has 118 valence electrons. The highest BCUT2D eigenvalue weighted by molar-refractivity contribution is 5.59. The van der Waals surface area contributed by atoms with Crippen LogP contribution < -0.4 is 15.5 Å². The molecule has 1 aliphatic rings. The highest BCUT2D eigenvalue weighted by Crippen LogP contribution is 2.22. The first kappa shape index (κ1) is 15.1. The Hall–Kier alpha value is -2.81. The third-order valence-electron chi connectivity index (χ3n) is 4.04. The summed E-state index contributed by atoms with van der Waals surface area (Å²) in [5.41, 5.74) is 8.38. The summed E-state index contributed by atoms with van der Waals surface area (Å²) in [6.07, 6.45) is 1.00. The second kappa shape index (κ2) is 6.53. The number of nitrogens with zero attached hydrogens (tertiary/aromatic N) is 5. The fourth-order valence-corrected chi connectivity index (χ4v) is 2.97. The third kappa shape index (κ3) is 3.34. The number of nitrogen functional groups attached to an aromatic ring is 1. The lowest BCUT2D eigenvalue weighted by Gasteiger charge is -2.25. The number of anilines is 3. The van der Waals surface area contributed by atoms with Crippen LogP contribution >= 0.6 is 0 Å². The zero-order valence-corrected chi connectivity index (χ0v) is 13.2. The van der Waals surface area contributed by atoms with Crippen LogP contribution in [0.5, 0.6) is 0 Å². The van der Waals surface area contributed by atoms with E-state index < -0.39 is 0 Å². The first-order valence-electron chi connectivity index (χ1n) is 7.77. The predicted molar refractivity (Wildman–Crippen MR) is 91.4 cm³/mol. The highest BCUT2D eigenvalue weighted by atomic mass is 15.3. The monoisotopic (exact) mass is 308 g/mol. The Morgan fingerprint density at radius 1 is 1.09 bits per heavy atom. The molecule has 1 aromatic carbocycles. The van der Waals surface area contributed by atoms with Crippen LogP contribution in [0.3, 0.4) is 0 Å². The summed E-state index contributed by atoms with van der Waals surface area (Å²) >= 11 is 0. The Morgan fingerprint density at radius 2 is 1.83 bits per heavy atom. The molecule has 2 N–H and O–H groups in total. The number of rotatable bonds is 2. The molecular weight excluding hydrogens is 288 g/mol. The summed E-state index contributed by atoms with van der Waals surface area (Å²) in [5, 5.41) is 9.29. The summed E-state index contributed by atoms with van der Waals surface area (Å²) in [6, 6.07) is 12.0. The third-order valence-corrected chi connectivity index (χ3v) is 4.04. The zero-order chi connectivity index (χ0) is 16.2. The van der Waals surface area contributed by atoms with E-state index in [1.807, 2.05) is 37.3 Å². The van der Waals surface area contributed by atoms with Gasteiger partial charge in [-0.25, -0.2) is 4.98 Å². The second-order valence-electron chi connectivity index (χ2n) is 5.68. The Bertz CT molecular complexity index is 716. The van der Waals surface area contributed by atoms with Gasteiger partial charge in [-0.2, -0.15) is 10.2 Å². The lowest BCUT2D eigenvalue weighted by atomic mass is 10.1. The summed E-state index contributed by atoms with van der Waals surface area (Å²) in [7, 11) is 0. The molecule has 0 spiro atoms. The standard InChI is InChI=1S/C17H20N6/c1-13-11-16(21-17(19)20-13)23-8-4-7-22(9-10-23)15-6-3-2-5-14(15)12-18/h2-3,5-6,11H,4,7-10H2,1H3,(H2,19,20,21). The largest absolute Gasteiger partial charge is 0.369 e. The van der Waals surface area contributed by atoms with Crippen LogP contribution in [0.25, 0.3) is 0 Å². The number of hydrogen-bond acceptors (Lipinski definition) is 6. The number of aryl methyl sites for hydroxylation is 1. The van der Waals surface area contributed by atoms with Crippen molar-refractivity contribution >= 4 is 17.5 Å². The minimum absolute atomic E-state index is 0.316. The van der Waals surface area contributed by atoms with E-state index >= 15 is 0 Å². The van der Waals surface area contributed by atoms with Crippen molar-refractivity contribution in [2.24, 2.45) is 0 Å². The molecule has 0 aliphatic carbocycles. The maximum Gasteiger partial charge on any atom is 0.222 e. The van der Waals surface area contributed by atoms with Gasteiger partial charge in [-0.1, -0.05) is 12.1 Å². The smallest absolute Gasteiger partial charge is 0.222 e. The van der Waals surface area contributed by atoms with Gasteiger partial charge < -0.3 is 15.5 Å². The van der Waals surface area contributed by atoms with Crippen molar-refractivity contribution < 1.29 is 0 Å². The molecule has 0 radical (unpaired) electrons. The number of nitrogens with two attached hydrogens (primary N) is 1. The van der Waals surface area contributed by atoms with Crippen LogP contribution in [0.4, 0.5) is 17.5 Å². The maximum absolute atomic E-state index is 9.29. The molecule has 1 fully saturated rings. The van der Waals surface area contributed by atoms with Crippen molar-refractivity contribution in [3.05, 3.63) is 41.6 Å². The zero-order valence-electron chi connectivity index (χ0n) is 13.2. The van der Waals surface area contributed by atoms with Crippen molar-refractivity contribution in [3.8, 4) is 6.07 Å². The van der Waals surface area contributed by atoms with Crippen molar-refractivity contribution in [2.75, 3.05) is 41.7 Å². The normalized spacial score (nSPS) is 15.1. The van der Waals surface area contributed by atoms with Crippen LogP contribution in [0.15, 0.2) is 30.3 Å². The molecule has 6 nitrogen and oxygen atoms in total. The lowest BCUT2D eigenvalue weighted by Crippen LogP contribution is -2.31. The van der Waals surface area contributed by atoms with Crippen LogP contribution in [0, 0.1) is 18.3 Å². The van der Waals surface area contributed by atoms with Crippen molar-refractivity contribution in [1.82, 2.24) is 9.97 Å². The molecule has 1 aromatic heterocycles. The number of nitriles is 1. The SMILES string of the molecule is Cc1cc(N2CCCN(c3ccccc3C#N)CC2)nc(N)n1. The molecule has 3 rings (SSSR count). The Kier molecular flexibility index (Phi) is 4.29. The van der Waals surface area contributed by atoms with Crippen LogP contribution in [-0.2, 0) is 0 Å². The molecule has 0 saturated carbocycles. The average Bonchev–Trinajstić information content (AvgIpc) is 2.80. The van der Waals surface area contributed by atoms with E-state index in [4.69, 9.17) is 5.73 Å². The molecule has 23 heavy (non-hydrogen) atoms. The molecule has 2 heterocycles. The summed E-state index contributed by atoms with van der Waals surface area (Å²) in [6.45, 7) is 5.46. The molecule has 1 saturated heterocycles. The second-order valence-corrected chi connectivity index (χ2v) is 5.68. The van der Waals surface area contributed by atoms with Crippen LogP contribution in [0.1, 0.15) is 17.7 Å². The first-order valence-corrected chi connectivity index (χ1v) is 7.77. The molecule has 1 aliphatic heterocycles. The molecule has 0 amide bonds. The van der Waals surface area contributed by atoms with Gasteiger partial charge in [0.05, 0.1) is 11.3 Å². The summed E-state index contributed by atoms with van der Waals surface area (Å²) < 4.78 is 0. The maximum atomic E-state index is 9.29. The van der Waals surface area contributed by atoms with E-state index in [1.54, 1.807) is 0 Å². The molecule has 2 aromatic rings. The molecular formula is C17H20N6. The quantitative estimate of drug-likeness (QED) is 0.913. The van der Waals surface area contributed by atoms with Crippen LogP contribution in [-0.4, -0.2) is 36.1 Å². The summed E-state index contributed by atoms with van der Waals surface area (Å²) in [4.78, 5) is 13.0. The number of hydrogen-bond donors (Lipinski definition) is 1. The number of benzene rings is 1. The Morgan fingerprint density at radius 3 is 2.61 bits per heavy atom. The van der Waals surface area contributed by atoms with Gasteiger partial charge in [0.15, 0.2) is 0 Å². The molecule has 0 unspecified atom stereocenters. The average molecular weight is 308 g/mol. The van der Waals surface area contributed by atoms with E-state index in [0.29, 0.717) is 5.95 Å². The number of para-hydroxylation sites is 1. The van der Waals surface area contributed by atoms with Gasteiger partial charge in [-0.15, -0.1) is 0 Å². The predicted octanol–water partition coefficient (Wildman–Crippen LogP) is 1.96. The van der Waals surface area contributed by atoms with E-state index in [-0.39, 0.29) is 0 Å². The Labute approximate surface area is 136 Å². The molecule has 0 bridgehead atoms. The number of aromatic nitrogens is 2. The van der Waals surface area contributed by atoms with Gasteiger partial charge in [-0.3, -0.25) is 0 Å². The van der Waals surface area contributed by atoms with Gasteiger partial charge in [0.25, 0.3) is 0 Å². The highest BCUT2D eigenvalue weighted by Gasteiger charge is 2.18. The van der Waals surface area contributed by atoms with Crippen LogP contribution in [0.2, 0.25) is 0 Å². The fraction of sp³-hybridized carbons (Fsp3) is 0.353. The fourth-order valence-electron chi connectivity index (χ4n) is 2.97. The Balaban J connectivity index is 1.78. The lowest BCUT2D eigenvalue weighted by molar-refractivity contribution is 0.795. The van der Waals surface area contributed by atoms with Gasteiger partial charge in [0.2, 0.25) is 5.95 Å². The van der Waals surface area contributed by atoms with E-state index in [0.717, 1.165) is 55.4 Å². The topological polar surface area (TPSA) is 82.1 Å². The van der Waals surface area contributed by atoms with E-state index in [1.165, 1.54) is 0 Å². The van der Waals surface area contributed by atoms with Gasteiger partial charge in [0.1, 0.15) is 11.9 Å². The first-order chi connectivity index (χ1) is 11.2. The summed E-state index contributed by atoms with van der Waals surface area (Å²) in [5.74, 6) is 1.20. The van der Waals surface area contributed by atoms with Gasteiger partial charge >= 0.3 is 0 Å². The van der Waals surface area contributed by atoms with Crippen molar-refractivity contribution in [3.63, 3.8) is 0 Å². The van der Waals surface area contributed by atoms with Crippen molar-refractivity contribution in [1.29, 1.82) is 5.26 Å². The van der Waals surface area contributed by atoms with Gasteiger partial charge in [-0.05, 0) is 25.5 Å². The van der Waals surface area contributed by atoms with Crippen molar-refractivity contribution in [2.45, 2.75) is 13.3 Å². The van der Waals surface area contributed by atoms with E-state index in [9.17, 15) is 5.26 Å².